The van der Waals surface area contributed by atoms with E-state index >= 15 is 0 Å². The second kappa shape index (κ2) is 6.30. The Hall–Kier alpha value is -0.490. The van der Waals surface area contributed by atoms with Gasteiger partial charge in [0.2, 0.25) is 0 Å². The molecule has 92 valence electrons. The first-order valence-electron chi connectivity index (χ1n) is 5.32. The number of nitrogens with zero attached hydrogens (tertiary/aromatic N) is 2. The fourth-order valence-corrected chi connectivity index (χ4v) is 2.01. The molecule has 0 unspecified atom stereocenters. The van der Waals surface area contributed by atoms with Crippen LogP contribution in [0.5, 0.6) is 0 Å². The van der Waals surface area contributed by atoms with Gasteiger partial charge in [-0.25, -0.2) is 0 Å². The lowest BCUT2D eigenvalue weighted by Gasteiger charge is -2.36. The van der Waals surface area contributed by atoms with E-state index in [1.807, 2.05) is 25.6 Å². The van der Waals surface area contributed by atoms with E-state index in [1.165, 1.54) is 4.88 Å². The molecule has 0 radical (unpaired) electrons. The zero-order valence-corrected chi connectivity index (χ0v) is 11.0. The van der Waals surface area contributed by atoms with Crippen molar-refractivity contribution in [2.24, 2.45) is 0 Å². The van der Waals surface area contributed by atoms with Gasteiger partial charge >= 0.3 is 0 Å². The minimum atomic E-state index is -0.234. The number of hydrogen-bond donors (Lipinski definition) is 1. The number of hydrogen-bond acceptors (Lipinski definition) is 5. The van der Waals surface area contributed by atoms with E-state index in [1.54, 1.807) is 18.4 Å². The van der Waals surface area contributed by atoms with E-state index in [0.717, 1.165) is 13.1 Å². The molecule has 0 atom stereocenters. The van der Waals surface area contributed by atoms with Gasteiger partial charge in [-0.1, -0.05) is 0 Å². The lowest BCUT2D eigenvalue weighted by Crippen LogP contribution is -2.47. The van der Waals surface area contributed by atoms with E-state index in [2.05, 4.69) is 9.88 Å². The van der Waals surface area contributed by atoms with Crippen molar-refractivity contribution in [3.8, 4) is 0 Å². The third-order valence-corrected chi connectivity index (χ3v) is 3.40. The molecule has 0 amide bonds. The van der Waals surface area contributed by atoms with Gasteiger partial charge < -0.3 is 9.84 Å². The van der Waals surface area contributed by atoms with Gasteiger partial charge in [0.05, 0.1) is 18.7 Å². The molecule has 1 aromatic heterocycles. The summed E-state index contributed by atoms with van der Waals surface area (Å²) in [4.78, 5) is 7.48. The molecule has 0 saturated heterocycles. The molecule has 1 rings (SSSR count). The van der Waals surface area contributed by atoms with E-state index in [4.69, 9.17) is 4.74 Å². The molecule has 16 heavy (non-hydrogen) atoms. The van der Waals surface area contributed by atoms with Gasteiger partial charge in [-0.3, -0.25) is 9.88 Å². The molecule has 1 heterocycles. The first-order valence-corrected chi connectivity index (χ1v) is 6.20. The van der Waals surface area contributed by atoms with Crippen molar-refractivity contribution in [2.75, 3.05) is 26.9 Å². The average Bonchev–Trinajstić information content (AvgIpc) is 2.76. The maximum atomic E-state index is 9.40. The number of aliphatic hydroxyl groups excluding tert-OH is 1. The summed E-state index contributed by atoms with van der Waals surface area (Å²) >= 11 is 1.64. The van der Waals surface area contributed by atoms with Gasteiger partial charge in [0, 0.05) is 36.8 Å². The van der Waals surface area contributed by atoms with Crippen LogP contribution in [0.2, 0.25) is 0 Å². The molecule has 0 aliphatic carbocycles. The van der Waals surface area contributed by atoms with Crippen molar-refractivity contribution in [3.63, 3.8) is 0 Å². The van der Waals surface area contributed by atoms with Crippen molar-refractivity contribution < 1.29 is 9.84 Å². The third kappa shape index (κ3) is 3.83. The SMILES string of the molecule is COCCN(Cc1cncs1)C(C)(C)CO. The Labute approximate surface area is 101 Å². The van der Waals surface area contributed by atoms with Crippen LogP contribution < -0.4 is 0 Å². The van der Waals surface area contributed by atoms with Crippen LogP contribution in [0.4, 0.5) is 0 Å². The molecule has 0 saturated carbocycles. The van der Waals surface area contributed by atoms with Gasteiger partial charge in [0.15, 0.2) is 0 Å². The van der Waals surface area contributed by atoms with Crippen molar-refractivity contribution in [1.29, 1.82) is 0 Å². The van der Waals surface area contributed by atoms with Crippen LogP contribution in [-0.4, -0.2) is 47.4 Å². The zero-order valence-electron chi connectivity index (χ0n) is 10.1. The average molecular weight is 244 g/mol. The van der Waals surface area contributed by atoms with Gasteiger partial charge in [-0.05, 0) is 13.8 Å². The summed E-state index contributed by atoms with van der Waals surface area (Å²) in [7, 11) is 1.69. The Kier molecular flexibility index (Phi) is 5.34. The molecule has 0 spiro atoms. The van der Waals surface area contributed by atoms with Crippen LogP contribution in [0, 0.1) is 0 Å². The lowest BCUT2D eigenvalue weighted by atomic mass is 10.0. The van der Waals surface area contributed by atoms with Crippen LogP contribution >= 0.6 is 11.3 Å². The second-order valence-electron chi connectivity index (χ2n) is 4.35. The first-order chi connectivity index (χ1) is 7.60. The number of methoxy groups -OCH3 is 1. The molecular formula is C11H20N2O2S. The molecular weight excluding hydrogens is 224 g/mol. The Bertz CT molecular complexity index is 288. The highest BCUT2D eigenvalue weighted by atomic mass is 32.1. The van der Waals surface area contributed by atoms with E-state index in [-0.39, 0.29) is 12.1 Å². The smallest absolute Gasteiger partial charge is 0.0794 e. The standard InChI is InChI=1S/C11H20N2O2S/c1-11(2,8-14)13(4-5-15-3)7-10-6-12-9-16-10/h6,9,14H,4-5,7-8H2,1-3H3. The number of thiazole rings is 1. The van der Waals surface area contributed by atoms with Crippen LogP contribution in [0.1, 0.15) is 18.7 Å². The van der Waals surface area contributed by atoms with Crippen molar-refractivity contribution in [2.45, 2.75) is 25.9 Å². The van der Waals surface area contributed by atoms with Gasteiger partial charge in [-0.2, -0.15) is 0 Å². The van der Waals surface area contributed by atoms with Crippen LogP contribution in [0.3, 0.4) is 0 Å². The molecule has 0 bridgehead atoms. The van der Waals surface area contributed by atoms with Crippen molar-refractivity contribution in [3.05, 3.63) is 16.6 Å². The molecule has 5 heteroatoms. The van der Waals surface area contributed by atoms with Gasteiger partial charge in [0.25, 0.3) is 0 Å². The third-order valence-electron chi connectivity index (χ3n) is 2.64. The monoisotopic (exact) mass is 244 g/mol. The highest BCUT2D eigenvalue weighted by Gasteiger charge is 2.25. The van der Waals surface area contributed by atoms with E-state index in [9.17, 15) is 5.11 Å². The van der Waals surface area contributed by atoms with Crippen LogP contribution in [0.15, 0.2) is 11.7 Å². The summed E-state index contributed by atoms with van der Waals surface area (Å²) in [6, 6.07) is 0. The van der Waals surface area contributed by atoms with Crippen molar-refractivity contribution >= 4 is 11.3 Å². The van der Waals surface area contributed by atoms with Crippen LogP contribution in [-0.2, 0) is 11.3 Å². The molecule has 0 aliphatic rings. The van der Waals surface area contributed by atoms with Crippen molar-refractivity contribution in [1.82, 2.24) is 9.88 Å². The van der Waals surface area contributed by atoms with Crippen LogP contribution in [0.25, 0.3) is 0 Å². The molecule has 0 aromatic carbocycles. The number of rotatable bonds is 7. The Balaban J connectivity index is 2.63. The number of aliphatic hydroxyl groups is 1. The molecule has 4 nitrogen and oxygen atoms in total. The fraction of sp³-hybridized carbons (Fsp3) is 0.727. The highest BCUT2D eigenvalue weighted by Crippen LogP contribution is 2.18. The second-order valence-corrected chi connectivity index (χ2v) is 5.32. The Morgan fingerprint density at radius 1 is 1.56 bits per heavy atom. The summed E-state index contributed by atoms with van der Waals surface area (Å²) in [6.45, 7) is 6.48. The fourth-order valence-electron chi connectivity index (χ4n) is 1.41. The molecule has 0 aliphatic heterocycles. The minimum absolute atomic E-state index is 0.134. The quantitative estimate of drug-likeness (QED) is 0.786. The minimum Gasteiger partial charge on any atom is -0.394 e. The highest BCUT2D eigenvalue weighted by molar-refractivity contribution is 7.09. The molecule has 0 fully saturated rings. The maximum absolute atomic E-state index is 9.40. The predicted octanol–water partition coefficient (Wildman–Crippen LogP) is 1.36. The van der Waals surface area contributed by atoms with E-state index < -0.39 is 0 Å². The maximum Gasteiger partial charge on any atom is 0.0794 e. The normalized spacial score (nSPS) is 12.3. The summed E-state index contributed by atoms with van der Waals surface area (Å²) in [6.07, 6.45) is 1.87. The summed E-state index contributed by atoms with van der Waals surface area (Å²) in [5.41, 5.74) is 1.60. The molecule has 1 N–H and O–H groups in total. The summed E-state index contributed by atoms with van der Waals surface area (Å²) in [5, 5.41) is 9.40. The van der Waals surface area contributed by atoms with Gasteiger partial charge in [0.1, 0.15) is 0 Å². The zero-order chi connectivity index (χ0) is 12.0. The molecule has 1 aromatic rings. The first kappa shape index (κ1) is 13.6. The predicted molar refractivity (Wildman–Crippen MR) is 65.6 cm³/mol. The summed E-state index contributed by atoms with van der Waals surface area (Å²) < 4.78 is 5.10. The number of aromatic nitrogens is 1. The largest absolute Gasteiger partial charge is 0.394 e. The Morgan fingerprint density at radius 3 is 2.81 bits per heavy atom. The van der Waals surface area contributed by atoms with Gasteiger partial charge in [-0.15, -0.1) is 11.3 Å². The number of ether oxygens (including phenoxy) is 1. The Morgan fingerprint density at radius 2 is 2.31 bits per heavy atom. The van der Waals surface area contributed by atoms with E-state index in [0.29, 0.717) is 6.61 Å². The topological polar surface area (TPSA) is 45.6 Å². The lowest BCUT2D eigenvalue weighted by molar-refractivity contribution is 0.0305. The summed E-state index contributed by atoms with van der Waals surface area (Å²) in [5.74, 6) is 0.